The van der Waals surface area contributed by atoms with Gasteiger partial charge in [0.25, 0.3) is 0 Å². The number of nitrogens with zero attached hydrogens (tertiary/aromatic N) is 4. The highest BCUT2D eigenvalue weighted by Crippen LogP contribution is 2.23. The van der Waals surface area contributed by atoms with Crippen molar-refractivity contribution in [1.82, 2.24) is 19.9 Å². The molecule has 0 N–H and O–H groups in total. The molecule has 0 atom stereocenters. The molecule has 3 rings (SSSR count). The first-order chi connectivity index (χ1) is 9.86. The third-order valence-electron chi connectivity index (χ3n) is 3.46. The van der Waals surface area contributed by atoms with Gasteiger partial charge < -0.3 is 4.74 Å². The van der Waals surface area contributed by atoms with E-state index in [0.29, 0.717) is 6.61 Å². The van der Waals surface area contributed by atoms with Crippen LogP contribution in [0.2, 0.25) is 0 Å². The monoisotopic (exact) mass is 290 g/mol. The van der Waals surface area contributed by atoms with E-state index in [1.165, 1.54) is 10.6 Å². The van der Waals surface area contributed by atoms with Crippen molar-refractivity contribution in [1.29, 1.82) is 0 Å². The highest BCUT2D eigenvalue weighted by molar-refractivity contribution is 7.09. The average molecular weight is 290 g/mol. The quantitative estimate of drug-likeness (QED) is 0.861. The fraction of sp³-hybridized carbons (Fsp3) is 0.500. The van der Waals surface area contributed by atoms with E-state index >= 15 is 0 Å². The van der Waals surface area contributed by atoms with Crippen LogP contribution in [0.25, 0.3) is 0 Å². The standard InChI is InChI=1S/C14H18N4OS/c1-2-19-14-11-3-6-18(9-13-15-5-8-20-13)7-4-12(11)16-10-17-14/h5,8,10H,2-4,6-7,9H2,1H3. The molecular weight excluding hydrogens is 272 g/mol. The lowest BCUT2D eigenvalue weighted by atomic mass is 10.1. The Bertz CT molecular complexity index is 558. The molecule has 6 heteroatoms. The van der Waals surface area contributed by atoms with Crippen molar-refractivity contribution in [3.63, 3.8) is 0 Å². The summed E-state index contributed by atoms with van der Waals surface area (Å²) in [5.41, 5.74) is 2.31. The van der Waals surface area contributed by atoms with Crippen molar-refractivity contribution in [3.8, 4) is 5.88 Å². The number of hydrogen-bond acceptors (Lipinski definition) is 6. The van der Waals surface area contributed by atoms with Gasteiger partial charge in [-0.1, -0.05) is 0 Å². The predicted octanol–water partition coefficient (Wildman–Crippen LogP) is 1.93. The smallest absolute Gasteiger partial charge is 0.219 e. The number of ether oxygens (including phenoxy) is 1. The first-order valence-corrected chi connectivity index (χ1v) is 7.81. The highest BCUT2D eigenvalue weighted by Gasteiger charge is 2.19. The van der Waals surface area contributed by atoms with E-state index in [4.69, 9.17) is 4.74 Å². The van der Waals surface area contributed by atoms with Gasteiger partial charge in [0.2, 0.25) is 5.88 Å². The summed E-state index contributed by atoms with van der Waals surface area (Å²) >= 11 is 1.71. The summed E-state index contributed by atoms with van der Waals surface area (Å²) in [4.78, 5) is 15.5. The molecule has 1 aliphatic rings. The first kappa shape index (κ1) is 13.5. The fourth-order valence-corrected chi connectivity index (χ4v) is 3.14. The second-order valence-corrected chi connectivity index (χ2v) is 5.72. The number of thiazole rings is 1. The minimum atomic E-state index is 0.645. The van der Waals surface area contributed by atoms with Crippen LogP contribution in [0.3, 0.4) is 0 Å². The maximum Gasteiger partial charge on any atom is 0.219 e. The highest BCUT2D eigenvalue weighted by atomic mass is 32.1. The van der Waals surface area contributed by atoms with Gasteiger partial charge >= 0.3 is 0 Å². The summed E-state index contributed by atoms with van der Waals surface area (Å²) in [7, 11) is 0. The molecule has 0 bridgehead atoms. The molecule has 106 valence electrons. The number of aromatic nitrogens is 3. The summed E-state index contributed by atoms with van der Waals surface area (Å²) in [6.07, 6.45) is 5.37. The molecule has 2 aromatic heterocycles. The van der Waals surface area contributed by atoms with E-state index < -0.39 is 0 Å². The summed E-state index contributed by atoms with van der Waals surface area (Å²) < 4.78 is 5.62. The average Bonchev–Trinajstić information content (AvgIpc) is 2.87. The predicted molar refractivity (Wildman–Crippen MR) is 78.0 cm³/mol. The largest absolute Gasteiger partial charge is 0.478 e. The minimum Gasteiger partial charge on any atom is -0.478 e. The van der Waals surface area contributed by atoms with Crippen molar-refractivity contribution in [3.05, 3.63) is 34.2 Å². The van der Waals surface area contributed by atoms with Crippen LogP contribution in [0.4, 0.5) is 0 Å². The molecular formula is C14H18N4OS. The molecule has 0 amide bonds. The maximum absolute atomic E-state index is 5.62. The van der Waals surface area contributed by atoms with Crippen LogP contribution in [0, 0.1) is 0 Å². The Morgan fingerprint density at radius 1 is 1.25 bits per heavy atom. The van der Waals surface area contributed by atoms with Crippen molar-refractivity contribution in [2.75, 3.05) is 19.7 Å². The Morgan fingerprint density at radius 2 is 2.15 bits per heavy atom. The van der Waals surface area contributed by atoms with Crippen LogP contribution in [0.5, 0.6) is 5.88 Å². The molecule has 0 saturated carbocycles. The third kappa shape index (κ3) is 2.96. The van der Waals surface area contributed by atoms with E-state index in [0.717, 1.165) is 44.0 Å². The van der Waals surface area contributed by atoms with E-state index in [2.05, 4.69) is 19.9 Å². The number of rotatable bonds is 4. The molecule has 0 saturated heterocycles. The van der Waals surface area contributed by atoms with Crippen molar-refractivity contribution >= 4 is 11.3 Å². The zero-order chi connectivity index (χ0) is 13.8. The molecule has 0 aliphatic carbocycles. The summed E-state index contributed by atoms with van der Waals surface area (Å²) in [5.74, 6) is 0.758. The van der Waals surface area contributed by atoms with Crippen LogP contribution in [-0.4, -0.2) is 39.5 Å². The Balaban J connectivity index is 1.73. The zero-order valence-electron chi connectivity index (χ0n) is 11.6. The van der Waals surface area contributed by atoms with Gasteiger partial charge in [-0.25, -0.2) is 15.0 Å². The van der Waals surface area contributed by atoms with Crippen LogP contribution >= 0.6 is 11.3 Å². The van der Waals surface area contributed by atoms with Crippen molar-refractivity contribution in [2.45, 2.75) is 26.3 Å². The normalized spacial score (nSPS) is 15.7. The molecule has 2 aromatic rings. The molecule has 0 fully saturated rings. The lowest BCUT2D eigenvalue weighted by Gasteiger charge is -2.17. The second kappa shape index (κ2) is 6.28. The van der Waals surface area contributed by atoms with Gasteiger partial charge in [-0.2, -0.15) is 0 Å². The van der Waals surface area contributed by atoms with E-state index in [9.17, 15) is 0 Å². The van der Waals surface area contributed by atoms with Crippen LogP contribution in [0.15, 0.2) is 17.9 Å². The van der Waals surface area contributed by atoms with E-state index in [-0.39, 0.29) is 0 Å². The zero-order valence-corrected chi connectivity index (χ0v) is 12.4. The van der Waals surface area contributed by atoms with Gasteiger partial charge in [0.15, 0.2) is 0 Å². The molecule has 0 aromatic carbocycles. The van der Waals surface area contributed by atoms with E-state index in [1.807, 2.05) is 18.5 Å². The molecule has 0 unspecified atom stereocenters. The summed E-state index contributed by atoms with van der Waals surface area (Å²) in [6.45, 7) is 5.56. The lowest BCUT2D eigenvalue weighted by Crippen LogP contribution is -2.25. The Kier molecular flexibility index (Phi) is 4.22. The van der Waals surface area contributed by atoms with Crippen LogP contribution in [-0.2, 0) is 19.4 Å². The third-order valence-corrected chi connectivity index (χ3v) is 4.23. The lowest BCUT2D eigenvalue weighted by molar-refractivity contribution is 0.277. The van der Waals surface area contributed by atoms with E-state index in [1.54, 1.807) is 17.7 Å². The van der Waals surface area contributed by atoms with Gasteiger partial charge in [-0.3, -0.25) is 4.90 Å². The Labute approximate surface area is 122 Å². The van der Waals surface area contributed by atoms with Crippen molar-refractivity contribution in [2.24, 2.45) is 0 Å². The van der Waals surface area contributed by atoms with Gasteiger partial charge in [0.1, 0.15) is 11.3 Å². The van der Waals surface area contributed by atoms with Gasteiger partial charge in [0, 0.05) is 36.7 Å². The van der Waals surface area contributed by atoms with Crippen molar-refractivity contribution < 1.29 is 4.74 Å². The Morgan fingerprint density at radius 3 is 2.95 bits per heavy atom. The molecule has 1 aliphatic heterocycles. The Hall–Kier alpha value is -1.53. The molecule has 5 nitrogen and oxygen atoms in total. The molecule has 0 radical (unpaired) electrons. The molecule has 20 heavy (non-hydrogen) atoms. The van der Waals surface area contributed by atoms with Gasteiger partial charge in [-0.05, 0) is 13.3 Å². The number of fused-ring (bicyclic) bond motifs is 1. The summed E-state index contributed by atoms with van der Waals surface area (Å²) in [6, 6.07) is 0. The second-order valence-electron chi connectivity index (χ2n) is 4.74. The minimum absolute atomic E-state index is 0.645. The topological polar surface area (TPSA) is 51.1 Å². The van der Waals surface area contributed by atoms with Crippen LogP contribution in [0.1, 0.15) is 23.2 Å². The maximum atomic E-state index is 5.62. The van der Waals surface area contributed by atoms with Crippen LogP contribution < -0.4 is 4.74 Å². The fourth-order valence-electron chi connectivity index (χ4n) is 2.48. The van der Waals surface area contributed by atoms with Gasteiger partial charge in [0.05, 0.1) is 18.8 Å². The summed E-state index contributed by atoms with van der Waals surface area (Å²) in [5, 5.41) is 3.20. The SMILES string of the molecule is CCOc1ncnc2c1CCN(Cc1nccs1)CC2. The molecule has 3 heterocycles. The van der Waals surface area contributed by atoms with Gasteiger partial charge in [-0.15, -0.1) is 11.3 Å². The number of hydrogen-bond donors (Lipinski definition) is 0. The first-order valence-electron chi connectivity index (χ1n) is 6.93. The molecule has 0 spiro atoms.